The van der Waals surface area contributed by atoms with Crippen molar-refractivity contribution in [1.29, 1.82) is 0 Å². The summed E-state index contributed by atoms with van der Waals surface area (Å²) in [7, 11) is 0. The number of hydrogen-bond donors (Lipinski definition) is 2. The predicted octanol–water partition coefficient (Wildman–Crippen LogP) is 2.57. The molecule has 1 atom stereocenters. The summed E-state index contributed by atoms with van der Waals surface area (Å²) in [6.07, 6.45) is -0.399. The molecule has 0 aliphatic rings. The Kier molecular flexibility index (Phi) is 4.10. The van der Waals surface area contributed by atoms with Crippen molar-refractivity contribution in [3.63, 3.8) is 0 Å². The summed E-state index contributed by atoms with van der Waals surface area (Å²) >= 11 is 1.59. The third kappa shape index (κ3) is 3.17. The Morgan fingerprint density at radius 3 is 2.62 bits per heavy atom. The fraction of sp³-hybridized carbons (Fsp3) is 0.231. The Morgan fingerprint density at radius 2 is 1.94 bits per heavy atom. The Labute approximate surface area is 99.6 Å². The van der Waals surface area contributed by atoms with Crippen molar-refractivity contribution in [3.05, 3.63) is 58.3 Å². The van der Waals surface area contributed by atoms with Crippen molar-refractivity contribution in [2.24, 2.45) is 0 Å². The first-order valence-corrected chi connectivity index (χ1v) is 6.20. The van der Waals surface area contributed by atoms with Crippen LogP contribution in [-0.4, -0.2) is 11.7 Å². The van der Waals surface area contributed by atoms with Crippen molar-refractivity contribution in [2.45, 2.75) is 12.6 Å². The maximum atomic E-state index is 9.84. The highest BCUT2D eigenvalue weighted by Gasteiger charge is 2.06. The van der Waals surface area contributed by atoms with Gasteiger partial charge in [0.2, 0.25) is 0 Å². The Bertz CT molecular complexity index is 399. The van der Waals surface area contributed by atoms with Crippen LogP contribution in [0.1, 0.15) is 16.5 Å². The fourth-order valence-electron chi connectivity index (χ4n) is 1.53. The first-order valence-electron chi connectivity index (χ1n) is 5.32. The van der Waals surface area contributed by atoms with Crippen molar-refractivity contribution >= 4 is 11.3 Å². The van der Waals surface area contributed by atoms with E-state index in [9.17, 15) is 5.11 Å². The lowest BCUT2D eigenvalue weighted by molar-refractivity contribution is 0.178. The zero-order valence-corrected chi connectivity index (χ0v) is 9.78. The van der Waals surface area contributed by atoms with Gasteiger partial charge in [0.25, 0.3) is 0 Å². The van der Waals surface area contributed by atoms with E-state index in [2.05, 4.69) is 17.4 Å². The average Bonchev–Trinajstić information content (AvgIpc) is 2.84. The summed E-state index contributed by atoms with van der Waals surface area (Å²) in [5.74, 6) is 0. The molecule has 0 bridgehead atoms. The van der Waals surface area contributed by atoms with Crippen molar-refractivity contribution in [2.75, 3.05) is 6.54 Å². The third-order valence-electron chi connectivity index (χ3n) is 2.38. The minimum atomic E-state index is -0.399. The molecule has 2 N–H and O–H groups in total. The van der Waals surface area contributed by atoms with E-state index in [-0.39, 0.29) is 0 Å². The fourth-order valence-corrected chi connectivity index (χ4v) is 2.24. The van der Waals surface area contributed by atoms with E-state index in [4.69, 9.17) is 0 Å². The van der Waals surface area contributed by atoms with Crippen molar-refractivity contribution < 1.29 is 5.11 Å². The first-order chi connectivity index (χ1) is 7.86. The Hall–Kier alpha value is -1.16. The van der Waals surface area contributed by atoms with Gasteiger partial charge in [0, 0.05) is 18.0 Å². The molecule has 0 spiro atoms. The summed E-state index contributed by atoms with van der Waals surface area (Å²) < 4.78 is 0. The van der Waals surface area contributed by atoms with Crippen LogP contribution in [0.2, 0.25) is 0 Å². The van der Waals surface area contributed by atoms with Crippen molar-refractivity contribution in [3.8, 4) is 0 Å². The van der Waals surface area contributed by atoms with Gasteiger partial charge >= 0.3 is 0 Å². The van der Waals surface area contributed by atoms with E-state index >= 15 is 0 Å². The minimum absolute atomic E-state index is 0.399. The highest BCUT2D eigenvalue weighted by Crippen LogP contribution is 2.17. The number of hydrogen-bond acceptors (Lipinski definition) is 3. The second-order valence-electron chi connectivity index (χ2n) is 3.65. The molecule has 0 fully saturated rings. The molecular formula is C13H15NOS. The van der Waals surface area contributed by atoms with E-state index in [0.717, 1.165) is 11.4 Å². The van der Waals surface area contributed by atoms with Crippen molar-refractivity contribution in [1.82, 2.24) is 5.32 Å². The van der Waals surface area contributed by atoms with Gasteiger partial charge in [0.05, 0.1) is 0 Å². The highest BCUT2D eigenvalue weighted by atomic mass is 32.1. The van der Waals surface area contributed by atoms with E-state index < -0.39 is 6.10 Å². The molecule has 16 heavy (non-hydrogen) atoms. The third-order valence-corrected chi connectivity index (χ3v) is 3.35. The van der Waals surface area contributed by atoms with Gasteiger partial charge < -0.3 is 10.4 Å². The molecule has 0 aliphatic heterocycles. The van der Waals surface area contributed by atoms with Crippen LogP contribution < -0.4 is 5.32 Å². The zero-order valence-electron chi connectivity index (χ0n) is 8.97. The largest absolute Gasteiger partial charge is 0.386 e. The molecule has 1 aromatic heterocycles. The smallest absolute Gasteiger partial charge is 0.101 e. The summed E-state index contributed by atoms with van der Waals surface area (Å²) in [5.41, 5.74) is 1.24. The molecule has 0 aliphatic carbocycles. The van der Waals surface area contributed by atoms with Crippen LogP contribution in [-0.2, 0) is 6.54 Å². The zero-order chi connectivity index (χ0) is 11.2. The van der Waals surface area contributed by atoms with Crippen LogP contribution in [0.3, 0.4) is 0 Å². The maximum Gasteiger partial charge on any atom is 0.101 e. The van der Waals surface area contributed by atoms with Crippen LogP contribution in [0.15, 0.2) is 47.8 Å². The highest BCUT2D eigenvalue weighted by molar-refractivity contribution is 7.10. The molecule has 2 aromatic rings. The minimum Gasteiger partial charge on any atom is -0.386 e. The molecular weight excluding hydrogens is 218 g/mol. The molecule has 1 aromatic carbocycles. The number of aliphatic hydroxyl groups excluding tert-OH is 1. The van der Waals surface area contributed by atoms with Crippen LogP contribution in [0.5, 0.6) is 0 Å². The van der Waals surface area contributed by atoms with E-state index in [1.807, 2.05) is 35.7 Å². The van der Waals surface area contributed by atoms with Gasteiger partial charge in [-0.2, -0.15) is 0 Å². The molecule has 0 saturated carbocycles. The van der Waals surface area contributed by atoms with Crippen LogP contribution in [0, 0.1) is 0 Å². The molecule has 0 saturated heterocycles. The van der Waals surface area contributed by atoms with E-state index in [0.29, 0.717) is 6.54 Å². The molecule has 0 unspecified atom stereocenters. The van der Waals surface area contributed by atoms with Crippen LogP contribution >= 0.6 is 11.3 Å². The number of aliphatic hydroxyl groups is 1. The summed E-state index contributed by atoms with van der Waals surface area (Å²) in [6.45, 7) is 1.39. The first kappa shape index (κ1) is 11.3. The standard InChI is InChI=1S/C13H15NOS/c15-12(13-7-4-8-16-13)10-14-9-11-5-2-1-3-6-11/h1-8,12,14-15H,9-10H2/t12-/m0/s1. The SMILES string of the molecule is O[C@@H](CNCc1ccccc1)c1cccs1. The number of benzene rings is 1. The van der Waals surface area contributed by atoms with Gasteiger partial charge in [-0.15, -0.1) is 11.3 Å². The number of thiophene rings is 1. The summed E-state index contributed by atoms with van der Waals surface area (Å²) in [5, 5.41) is 15.1. The topological polar surface area (TPSA) is 32.3 Å². The lowest BCUT2D eigenvalue weighted by atomic mass is 10.2. The molecule has 2 rings (SSSR count). The van der Waals surface area contributed by atoms with Crippen LogP contribution in [0.4, 0.5) is 0 Å². The van der Waals surface area contributed by atoms with Gasteiger partial charge in [0.1, 0.15) is 6.10 Å². The molecule has 2 nitrogen and oxygen atoms in total. The Morgan fingerprint density at radius 1 is 1.12 bits per heavy atom. The molecule has 84 valence electrons. The molecule has 0 amide bonds. The molecule has 1 heterocycles. The van der Waals surface area contributed by atoms with Gasteiger partial charge in [-0.05, 0) is 17.0 Å². The quantitative estimate of drug-likeness (QED) is 0.832. The average molecular weight is 233 g/mol. The maximum absolute atomic E-state index is 9.84. The lowest BCUT2D eigenvalue weighted by Gasteiger charge is -2.09. The molecule has 0 radical (unpaired) electrons. The summed E-state index contributed by atoms with van der Waals surface area (Å²) in [4.78, 5) is 1.01. The van der Waals surface area contributed by atoms with E-state index in [1.54, 1.807) is 11.3 Å². The normalized spacial score (nSPS) is 12.6. The van der Waals surface area contributed by atoms with Gasteiger partial charge in [0.15, 0.2) is 0 Å². The molecule has 3 heteroatoms. The van der Waals surface area contributed by atoms with E-state index in [1.165, 1.54) is 5.56 Å². The monoisotopic (exact) mass is 233 g/mol. The predicted molar refractivity (Wildman–Crippen MR) is 67.4 cm³/mol. The number of nitrogens with one attached hydrogen (secondary N) is 1. The van der Waals surface area contributed by atoms with Gasteiger partial charge in [-0.25, -0.2) is 0 Å². The second-order valence-corrected chi connectivity index (χ2v) is 4.63. The number of rotatable bonds is 5. The lowest BCUT2D eigenvalue weighted by Crippen LogP contribution is -2.20. The van der Waals surface area contributed by atoms with Crippen LogP contribution in [0.25, 0.3) is 0 Å². The second kappa shape index (κ2) is 5.80. The van der Waals surface area contributed by atoms with Gasteiger partial charge in [-0.3, -0.25) is 0 Å². The van der Waals surface area contributed by atoms with Gasteiger partial charge in [-0.1, -0.05) is 36.4 Å². The Balaban J connectivity index is 1.76. The summed E-state index contributed by atoms with van der Waals surface area (Å²) in [6, 6.07) is 14.1.